The fourth-order valence-electron chi connectivity index (χ4n) is 2.27. The first-order chi connectivity index (χ1) is 10.1. The Bertz CT molecular complexity index is 501. The van der Waals surface area contributed by atoms with Crippen LogP contribution < -0.4 is 16.4 Å². The Balaban J connectivity index is 1.72. The van der Waals surface area contributed by atoms with Gasteiger partial charge < -0.3 is 16.4 Å². The molecule has 1 heterocycles. The number of nitrogens with two attached hydrogens (primary N) is 1. The number of carbonyl (C=O) groups is 2. The summed E-state index contributed by atoms with van der Waals surface area (Å²) in [5.74, 6) is 1.75. The van der Waals surface area contributed by atoms with Crippen molar-refractivity contribution in [3.05, 3.63) is 35.4 Å². The summed E-state index contributed by atoms with van der Waals surface area (Å²) in [6.45, 7) is 1.55. The first-order valence-electron chi connectivity index (χ1n) is 7.12. The van der Waals surface area contributed by atoms with Gasteiger partial charge in [-0.2, -0.15) is 11.8 Å². The SMILES string of the molecule is NC(=O)c1cccc(CCNC(=O)CC2CSCCN2)c1. The lowest BCUT2D eigenvalue weighted by Crippen LogP contribution is -2.41. The van der Waals surface area contributed by atoms with Gasteiger partial charge in [0.1, 0.15) is 0 Å². The van der Waals surface area contributed by atoms with Crippen LogP contribution in [-0.2, 0) is 11.2 Å². The Hall–Kier alpha value is -1.53. The monoisotopic (exact) mass is 307 g/mol. The maximum Gasteiger partial charge on any atom is 0.248 e. The molecule has 1 aromatic carbocycles. The van der Waals surface area contributed by atoms with Crippen molar-refractivity contribution in [1.82, 2.24) is 10.6 Å². The molecule has 0 saturated carbocycles. The Kier molecular flexibility index (Phi) is 6.07. The van der Waals surface area contributed by atoms with Gasteiger partial charge in [0.15, 0.2) is 0 Å². The minimum atomic E-state index is -0.429. The molecule has 1 aromatic rings. The highest BCUT2D eigenvalue weighted by Crippen LogP contribution is 2.10. The summed E-state index contributed by atoms with van der Waals surface area (Å²) in [5, 5.41) is 6.27. The molecular weight excluding hydrogens is 286 g/mol. The zero-order valence-electron chi connectivity index (χ0n) is 11.9. The van der Waals surface area contributed by atoms with Crippen LogP contribution in [0.25, 0.3) is 0 Å². The van der Waals surface area contributed by atoms with Crippen LogP contribution in [0.1, 0.15) is 22.3 Å². The number of nitrogens with one attached hydrogen (secondary N) is 2. The van der Waals surface area contributed by atoms with Gasteiger partial charge in [-0.25, -0.2) is 0 Å². The fourth-order valence-corrected chi connectivity index (χ4v) is 3.22. The van der Waals surface area contributed by atoms with Crippen molar-refractivity contribution < 1.29 is 9.59 Å². The van der Waals surface area contributed by atoms with E-state index in [-0.39, 0.29) is 11.9 Å². The number of carbonyl (C=O) groups excluding carboxylic acids is 2. The molecule has 1 unspecified atom stereocenters. The molecule has 1 saturated heterocycles. The van der Waals surface area contributed by atoms with Crippen LogP contribution in [0, 0.1) is 0 Å². The summed E-state index contributed by atoms with van der Waals surface area (Å²) in [6, 6.07) is 7.48. The summed E-state index contributed by atoms with van der Waals surface area (Å²) >= 11 is 1.88. The highest BCUT2D eigenvalue weighted by atomic mass is 32.2. The summed E-state index contributed by atoms with van der Waals surface area (Å²) in [6.07, 6.45) is 1.22. The quantitative estimate of drug-likeness (QED) is 0.716. The lowest BCUT2D eigenvalue weighted by atomic mass is 10.1. The van der Waals surface area contributed by atoms with Gasteiger partial charge in [-0.3, -0.25) is 9.59 Å². The molecule has 2 rings (SSSR count). The molecule has 0 radical (unpaired) electrons. The number of amides is 2. The van der Waals surface area contributed by atoms with Gasteiger partial charge in [-0.1, -0.05) is 12.1 Å². The third-order valence-corrected chi connectivity index (χ3v) is 4.51. The van der Waals surface area contributed by atoms with Gasteiger partial charge in [-0.15, -0.1) is 0 Å². The maximum absolute atomic E-state index is 11.8. The molecule has 2 amide bonds. The topological polar surface area (TPSA) is 84.2 Å². The van der Waals surface area contributed by atoms with E-state index in [2.05, 4.69) is 10.6 Å². The van der Waals surface area contributed by atoms with Gasteiger partial charge in [0.25, 0.3) is 0 Å². The largest absolute Gasteiger partial charge is 0.366 e. The summed E-state index contributed by atoms with van der Waals surface area (Å²) in [4.78, 5) is 22.9. The summed E-state index contributed by atoms with van der Waals surface area (Å²) in [5.41, 5.74) is 6.75. The van der Waals surface area contributed by atoms with Crippen LogP contribution >= 0.6 is 11.8 Å². The zero-order valence-corrected chi connectivity index (χ0v) is 12.7. The van der Waals surface area contributed by atoms with Gasteiger partial charge in [0.05, 0.1) is 0 Å². The van der Waals surface area contributed by atoms with Crippen molar-refractivity contribution in [1.29, 1.82) is 0 Å². The molecular formula is C15H21N3O2S. The van der Waals surface area contributed by atoms with E-state index in [9.17, 15) is 9.59 Å². The average molecular weight is 307 g/mol. The Morgan fingerprint density at radius 2 is 2.29 bits per heavy atom. The molecule has 0 bridgehead atoms. The number of benzene rings is 1. The highest BCUT2D eigenvalue weighted by molar-refractivity contribution is 7.99. The molecule has 5 nitrogen and oxygen atoms in total. The van der Waals surface area contributed by atoms with E-state index in [0.29, 0.717) is 24.9 Å². The predicted octanol–water partition coefficient (Wildman–Crippen LogP) is 0.539. The van der Waals surface area contributed by atoms with Crippen LogP contribution in [0.4, 0.5) is 0 Å². The second kappa shape index (κ2) is 8.05. The molecule has 1 aliphatic heterocycles. The van der Waals surface area contributed by atoms with Crippen molar-refractivity contribution >= 4 is 23.6 Å². The maximum atomic E-state index is 11.8. The Morgan fingerprint density at radius 3 is 3.00 bits per heavy atom. The minimum absolute atomic E-state index is 0.0704. The van der Waals surface area contributed by atoms with Crippen molar-refractivity contribution in [2.24, 2.45) is 5.73 Å². The first kappa shape index (κ1) is 15.9. The van der Waals surface area contributed by atoms with Crippen LogP contribution in [0.15, 0.2) is 24.3 Å². The summed E-state index contributed by atoms with van der Waals surface area (Å²) in [7, 11) is 0. The van der Waals surface area contributed by atoms with Crippen molar-refractivity contribution in [3.8, 4) is 0 Å². The van der Waals surface area contributed by atoms with Crippen molar-refractivity contribution in [2.75, 3.05) is 24.6 Å². The molecule has 1 fully saturated rings. The molecule has 0 aliphatic carbocycles. The van der Waals surface area contributed by atoms with E-state index in [0.717, 1.165) is 23.6 Å². The second-order valence-corrected chi connectivity index (χ2v) is 6.24. The zero-order chi connectivity index (χ0) is 15.1. The first-order valence-corrected chi connectivity index (χ1v) is 8.27. The van der Waals surface area contributed by atoms with Gasteiger partial charge in [0.2, 0.25) is 11.8 Å². The third-order valence-electron chi connectivity index (χ3n) is 3.38. The number of primary amides is 1. The van der Waals surface area contributed by atoms with Crippen LogP contribution in [0.2, 0.25) is 0 Å². The molecule has 0 spiro atoms. The van der Waals surface area contributed by atoms with E-state index in [1.807, 2.05) is 17.8 Å². The minimum Gasteiger partial charge on any atom is -0.366 e. The lowest BCUT2D eigenvalue weighted by molar-refractivity contribution is -0.121. The van der Waals surface area contributed by atoms with E-state index >= 15 is 0 Å². The Morgan fingerprint density at radius 1 is 1.43 bits per heavy atom. The molecule has 6 heteroatoms. The van der Waals surface area contributed by atoms with Crippen LogP contribution in [0.5, 0.6) is 0 Å². The van der Waals surface area contributed by atoms with Crippen molar-refractivity contribution in [3.63, 3.8) is 0 Å². The molecule has 4 N–H and O–H groups in total. The van der Waals surface area contributed by atoms with E-state index in [1.54, 1.807) is 18.2 Å². The number of hydrogen-bond acceptors (Lipinski definition) is 4. The normalized spacial score (nSPS) is 18.2. The highest BCUT2D eigenvalue weighted by Gasteiger charge is 2.16. The van der Waals surface area contributed by atoms with E-state index in [1.165, 1.54) is 0 Å². The molecule has 1 atom stereocenters. The number of thioether (sulfide) groups is 1. The predicted molar refractivity (Wildman–Crippen MR) is 85.4 cm³/mol. The Labute approximate surface area is 129 Å². The second-order valence-electron chi connectivity index (χ2n) is 5.09. The standard InChI is InChI=1S/C15H21N3O2S/c16-15(20)12-3-1-2-11(8-12)4-5-18-14(19)9-13-10-21-7-6-17-13/h1-3,8,13,17H,4-7,9-10H2,(H2,16,20)(H,18,19). The van der Waals surface area contributed by atoms with Crippen molar-refractivity contribution in [2.45, 2.75) is 18.9 Å². The third kappa shape index (κ3) is 5.40. The van der Waals surface area contributed by atoms with E-state index < -0.39 is 5.91 Å². The van der Waals surface area contributed by atoms with Gasteiger partial charge >= 0.3 is 0 Å². The van der Waals surface area contributed by atoms with Crippen LogP contribution in [-0.4, -0.2) is 42.5 Å². The van der Waals surface area contributed by atoms with E-state index in [4.69, 9.17) is 5.73 Å². The lowest BCUT2D eigenvalue weighted by Gasteiger charge is -2.22. The number of rotatable bonds is 6. The summed E-state index contributed by atoms with van der Waals surface area (Å²) < 4.78 is 0. The molecule has 21 heavy (non-hydrogen) atoms. The number of hydrogen-bond donors (Lipinski definition) is 3. The smallest absolute Gasteiger partial charge is 0.248 e. The average Bonchev–Trinajstić information content (AvgIpc) is 2.48. The van der Waals surface area contributed by atoms with Crippen LogP contribution in [0.3, 0.4) is 0 Å². The molecule has 114 valence electrons. The fraction of sp³-hybridized carbons (Fsp3) is 0.467. The van der Waals surface area contributed by atoms with Gasteiger partial charge in [-0.05, 0) is 24.1 Å². The molecule has 1 aliphatic rings. The molecule has 0 aromatic heterocycles. The van der Waals surface area contributed by atoms with Gasteiger partial charge in [0, 0.05) is 42.6 Å².